The summed E-state index contributed by atoms with van der Waals surface area (Å²) in [5.74, 6) is 0.0301. The smallest absolute Gasteiger partial charge is 0.245 e. The maximum Gasteiger partial charge on any atom is 0.245 e. The Balaban J connectivity index is 1.93. The van der Waals surface area contributed by atoms with Gasteiger partial charge in [0.05, 0.1) is 6.54 Å². The third-order valence-corrected chi connectivity index (χ3v) is 2.28. The van der Waals surface area contributed by atoms with E-state index >= 15 is 0 Å². The van der Waals surface area contributed by atoms with E-state index in [0.29, 0.717) is 5.95 Å². The molecular formula is C8H12N6O2. The second-order valence-corrected chi connectivity index (χ2v) is 3.43. The Bertz CT molecular complexity index is 404. The van der Waals surface area contributed by atoms with E-state index in [4.69, 9.17) is 0 Å². The summed E-state index contributed by atoms with van der Waals surface area (Å²) in [5.41, 5.74) is 0. The molecule has 1 atom stereocenters. The van der Waals surface area contributed by atoms with E-state index < -0.39 is 6.04 Å². The van der Waals surface area contributed by atoms with Gasteiger partial charge in [0, 0.05) is 13.6 Å². The highest BCUT2D eigenvalue weighted by Gasteiger charge is 2.24. The van der Waals surface area contributed by atoms with Gasteiger partial charge in [0.2, 0.25) is 17.8 Å². The minimum Gasteiger partial charge on any atom is -0.353 e. The van der Waals surface area contributed by atoms with Crippen molar-refractivity contribution in [2.24, 2.45) is 7.05 Å². The predicted octanol–water partition coefficient (Wildman–Crippen LogP) is -2.16. The van der Waals surface area contributed by atoms with Crippen LogP contribution in [0.5, 0.6) is 0 Å². The molecule has 0 radical (unpaired) electrons. The topological polar surface area (TPSA) is 101 Å². The minimum absolute atomic E-state index is 0.109. The maximum atomic E-state index is 11.7. The summed E-state index contributed by atoms with van der Waals surface area (Å²) in [4.78, 5) is 26.5. The molecule has 1 aliphatic rings. The van der Waals surface area contributed by atoms with E-state index in [-0.39, 0.29) is 24.9 Å². The number of carbonyl (C=O) groups is 2. The summed E-state index contributed by atoms with van der Waals surface area (Å²) >= 11 is 0. The monoisotopic (exact) mass is 224 g/mol. The summed E-state index contributed by atoms with van der Waals surface area (Å²) in [6.07, 6.45) is 1.35. The number of aromatic nitrogens is 3. The van der Waals surface area contributed by atoms with Crippen LogP contribution in [0.4, 0.5) is 5.95 Å². The molecule has 16 heavy (non-hydrogen) atoms. The lowest BCUT2D eigenvalue weighted by atomic mass is 10.2. The molecule has 2 rings (SSSR count). The first kappa shape index (κ1) is 10.6. The molecule has 1 unspecified atom stereocenters. The number of anilines is 1. The summed E-state index contributed by atoms with van der Waals surface area (Å²) in [7, 11) is 1.68. The molecule has 1 aromatic heterocycles. The summed E-state index contributed by atoms with van der Waals surface area (Å²) in [5, 5.41) is 11.9. The summed E-state index contributed by atoms with van der Waals surface area (Å²) < 4.78 is 1.46. The SMILES string of the molecule is Cn1ncnc1NC(=O)C1CNC(=O)CN1. The Kier molecular flexibility index (Phi) is 2.82. The van der Waals surface area contributed by atoms with Crippen LogP contribution in [-0.4, -0.2) is 45.7 Å². The molecule has 2 amide bonds. The van der Waals surface area contributed by atoms with Crippen LogP contribution < -0.4 is 16.0 Å². The van der Waals surface area contributed by atoms with Crippen molar-refractivity contribution in [1.29, 1.82) is 0 Å². The van der Waals surface area contributed by atoms with Gasteiger partial charge in [0.1, 0.15) is 12.4 Å². The Labute approximate surface area is 91.4 Å². The molecule has 1 aliphatic heterocycles. The van der Waals surface area contributed by atoms with Crippen molar-refractivity contribution in [2.75, 3.05) is 18.4 Å². The number of carbonyl (C=O) groups excluding carboxylic acids is 2. The first-order valence-corrected chi connectivity index (χ1v) is 4.82. The fourth-order valence-electron chi connectivity index (χ4n) is 1.36. The van der Waals surface area contributed by atoms with Crippen molar-refractivity contribution in [3.8, 4) is 0 Å². The fourth-order valence-corrected chi connectivity index (χ4v) is 1.36. The van der Waals surface area contributed by atoms with Crippen molar-refractivity contribution in [1.82, 2.24) is 25.4 Å². The van der Waals surface area contributed by atoms with E-state index in [1.54, 1.807) is 7.05 Å². The van der Waals surface area contributed by atoms with Crippen LogP contribution in [0.1, 0.15) is 0 Å². The second kappa shape index (κ2) is 4.27. The molecule has 1 aromatic rings. The van der Waals surface area contributed by atoms with Crippen molar-refractivity contribution < 1.29 is 9.59 Å². The molecule has 0 aliphatic carbocycles. The Hall–Kier alpha value is -1.96. The number of rotatable bonds is 2. The quantitative estimate of drug-likeness (QED) is 0.531. The van der Waals surface area contributed by atoms with Crippen molar-refractivity contribution in [2.45, 2.75) is 6.04 Å². The number of aryl methyl sites for hydroxylation is 1. The van der Waals surface area contributed by atoms with Gasteiger partial charge < -0.3 is 5.32 Å². The molecule has 0 aromatic carbocycles. The Morgan fingerprint density at radius 3 is 3.06 bits per heavy atom. The second-order valence-electron chi connectivity index (χ2n) is 3.43. The average Bonchev–Trinajstić information content (AvgIpc) is 2.65. The van der Waals surface area contributed by atoms with Crippen LogP contribution in [0.2, 0.25) is 0 Å². The van der Waals surface area contributed by atoms with Gasteiger partial charge in [-0.1, -0.05) is 0 Å². The van der Waals surface area contributed by atoms with Crippen LogP contribution in [0.3, 0.4) is 0 Å². The zero-order valence-corrected chi connectivity index (χ0v) is 8.73. The third-order valence-electron chi connectivity index (χ3n) is 2.28. The molecule has 3 N–H and O–H groups in total. The molecule has 0 saturated carbocycles. The molecule has 8 heteroatoms. The van der Waals surface area contributed by atoms with Crippen molar-refractivity contribution in [3.63, 3.8) is 0 Å². The zero-order valence-electron chi connectivity index (χ0n) is 8.73. The Morgan fingerprint density at radius 2 is 2.50 bits per heavy atom. The predicted molar refractivity (Wildman–Crippen MR) is 54.4 cm³/mol. The van der Waals surface area contributed by atoms with Crippen LogP contribution in [0, 0.1) is 0 Å². The number of hydrogen-bond acceptors (Lipinski definition) is 5. The highest BCUT2D eigenvalue weighted by molar-refractivity contribution is 5.95. The first-order chi connectivity index (χ1) is 7.66. The number of hydrogen-bond donors (Lipinski definition) is 3. The van der Waals surface area contributed by atoms with E-state index in [0.717, 1.165) is 0 Å². The molecule has 1 saturated heterocycles. The van der Waals surface area contributed by atoms with Crippen LogP contribution in [0.15, 0.2) is 6.33 Å². The molecule has 86 valence electrons. The van der Waals surface area contributed by atoms with Gasteiger partial charge in [-0.25, -0.2) is 4.68 Å². The lowest BCUT2D eigenvalue weighted by Crippen LogP contribution is -2.56. The highest BCUT2D eigenvalue weighted by atomic mass is 16.2. The van der Waals surface area contributed by atoms with E-state index in [1.807, 2.05) is 0 Å². The molecule has 0 spiro atoms. The molecule has 1 fully saturated rings. The molecule has 2 heterocycles. The van der Waals surface area contributed by atoms with Gasteiger partial charge in [0.15, 0.2) is 0 Å². The number of nitrogens with zero attached hydrogens (tertiary/aromatic N) is 3. The Morgan fingerprint density at radius 1 is 1.69 bits per heavy atom. The third kappa shape index (κ3) is 2.16. The average molecular weight is 224 g/mol. The molecule has 0 bridgehead atoms. The van der Waals surface area contributed by atoms with E-state index in [2.05, 4.69) is 26.0 Å². The summed E-state index contributed by atoms with van der Waals surface area (Å²) in [6, 6.07) is -0.436. The number of nitrogens with one attached hydrogen (secondary N) is 3. The van der Waals surface area contributed by atoms with Gasteiger partial charge in [-0.15, -0.1) is 0 Å². The zero-order chi connectivity index (χ0) is 11.5. The van der Waals surface area contributed by atoms with Crippen LogP contribution in [0.25, 0.3) is 0 Å². The van der Waals surface area contributed by atoms with E-state index in [1.165, 1.54) is 11.0 Å². The first-order valence-electron chi connectivity index (χ1n) is 4.82. The van der Waals surface area contributed by atoms with Crippen LogP contribution >= 0.6 is 0 Å². The normalized spacial score (nSPS) is 20.3. The number of amides is 2. The van der Waals surface area contributed by atoms with Gasteiger partial charge in [0.25, 0.3) is 0 Å². The van der Waals surface area contributed by atoms with Gasteiger partial charge in [-0.2, -0.15) is 10.1 Å². The minimum atomic E-state index is -0.436. The van der Waals surface area contributed by atoms with Crippen molar-refractivity contribution >= 4 is 17.8 Å². The van der Waals surface area contributed by atoms with Gasteiger partial charge in [-0.05, 0) is 0 Å². The largest absolute Gasteiger partial charge is 0.353 e. The van der Waals surface area contributed by atoms with Crippen molar-refractivity contribution in [3.05, 3.63) is 6.33 Å². The summed E-state index contributed by atoms with van der Waals surface area (Å²) in [6.45, 7) is 0.430. The number of piperazine rings is 1. The highest BCUT2D eigenvalue weighted by Crippen LogP contribution is 1.99. The molecular weight excluding hydrogens is 212 g/mol. The fraction of sp³-hybridized carbons (Fsp3) is 0.500. The van der Waals surface area contributed by atoms with Gasteiger partial charge >= 0.3 is 0 Å². The lowest BCUT2D eigenvalue weighted by Gasteiger charge is -2.22. The molecule has 8 nitrogen and oxygen atoms in total. The maximum absolute atomic E-state index is 11.7. The lowest BCUT2D eigenvalue weighted by molar-refractivity contribution is -0.124. The van der Waals surface area contributed by atoms with E-state index in [9.17, 15) is 9.59 Å². The standard InChI is InChI=1S/C8H12N6O2/c1-14-8(11-4-12-14)13-7(16)5-2-10-6(15)3-9-5/h4-5,9H,2-3H2,1H3,(H,10,15)(H,11,12,13,16). The van der Waals surface area contributed by atoms with Crippen LogP contribution in [-0.2, 0) is 16.6 Å². The van der Waals surface area contributed by atoms with Gasteiger partial charge in [-0.3, -0.25) is 20.2 Å².